The molecule has 2 heteroatoms. The second-order valence-electron chi connectivity index (χ2n) is 5.84. The topological polar surface area (TPSA) is 26.3 Å². The van der Waals surface area contributed by atoms with Gasteiger partial charge in [0.2, 0.25) is 0 Å². The van der Waals surface area contributed by atoms with Gasteiger partial charge < -0.3 is 4.74 Å². The first-order valence-electron chi connectivity index (χ1n) is 6.51. The molecule has 1 aromatic carbocycles. The summed E-state index contributed by atoms with van der Waals surface area (Å²) in [6.45, 7) is 8.00. The van der Waals surface area contributed by atoms with Crippen molar-refractivity contribution in [1.29, 1.82) is 0 Å². The van der Waals surface area contributed by atoms with Crippen LogP contribution in [-0.4, -0.2) is 12.9 Å². The number of benzene rings is 1. The molecule has 0 radical (unpaired) electrons. The van der Waals surface area contributed by atoms with Crippen molar-refractivity contribution in [2.45, 2.75) is 47.0 Å². The van der Waals surface area contributed by atoms with Gasteiger partial charge in [0, 0.05) is 11.8 Å². The summed E-state index contributed by atoms with van der Waals surface area (Å²) in [5.74, 6) is 1.25. The van der Waals surface area contributed by atoms with Gasteiger partial charge in [-0.1, -0.05) is 38.5 Å². The number of hydrogen-bond donors (Lipinski definition) is 0. The molecule has 100 valence electrons. The van der Waals surface area contributed by atoms with Crippen LogP contribution >= 0.6 is 0 Å². The number of methoxy groups -OCH3 is 1. The van der Waals surface area contributed by atoms with Gasteiger partial charge in [-0.3, -0.25) is 4.79 Å². The Bertz CT molecular complexity index is 414. The fourth-order valence-electron chi connectivity index (χ4n) is 1.92. The van der Waals surface area contributed by atoms with Gasteiger partial charge in [-0.25, -0.2) is 0 Å². The Kier molecular flexibility index (Phi) is 4.94. The number of carbonyl (C=O) groups excluding carboxylic acids is 1. The van der Waals surface area contributed by atoms with Crippen LogP contribution in [0.25, 0.3) is 0 Å². The van der Waals surface area contributed by atoms with E-state index >= 15 is 0 Å². The van der Waals surface area contributed by atoms with E-state index in [0.29, 0.717) is 12.2 Å². The lowest BCUT2D eigenvalue weighted by Crippen LogP contribution is -2.19. The molecular weight excluding hydrogens is 224 g/mol. The maximum absolute atomic E-state index is 11.8. The molecule has 0 atom stereocenters. The number of hydrogen-bond acceptors (Lipinski definition) is 2. The van der Waals surface area contributed by atoms with E-state index in [-0.39, 0.29) is 5.41 Å². The van der Waals surface area contributed by atoms with E-state index in [4.69, 9.17) is 4.74 Å². The highest BCUT2D eigenvalue weighted by molar-refractivity contribution is 5.83. The molecular formula is C16H24O2. The maximum Gasteiger partial charge on any atom is 0.138 e. The van der Waals surface area contributed by atoms with Gasteiger partial charge in [0.25, 0.3) is 0 Å². The van der Waals surface area contributed by atoms with Crippen molar-refractivity contribution in [2.24, 2.45) is 5.41 Å². The van der Waals surface area contributed by atoms with Crippen molar-refractivity contribution in [3.63, 3.8) is 0 Å². The van der Waals surface area contributed by atoms with Crippen LogP contribution in [0.5, 0.6) is 5.75 Å². The fraction of sp³-hybridized carbons (Fsp3) is 0.562. The summed E-state index contributed by atoms with van der Waals surface area (Å²) in [5.41, 5.74) is 2.20. The molecule has 0 bridgehead atoms. The van der Waals surface area contributed by atoms with Crippen LogP contribution < -0.4 is 4.74 Å². The molecule has 0 heterocycles. The number of aryl methyl sites for hydroxylation is 2. The van der Waals surface area contributed by atoms with Crippen molar-refractivity contribution >= 4 is 5.78 Å². The van der Waals surface area contributed by atoms with E-state index < -0.39 is 0 Å². The minimum absolute atomic E-state index is 0.226. The van der Waals surface area contributed by atoms with E-state index in [1.807, 2.05) is 32.9 Å². The Morgan fingerprint density at radius 3 is 2.50 bits per heavy atom. The minimum Gasteiger partial charge on any atom is -0.496 e. The predicted molar refractivity (Wildman–Crippen MR) is 75.1 cm³/mol. The molecule has 0 amide bonds. The molecule has 1 aromatic rings. The highest BCUT2D eigenvalue weighted by Crippen LogP contribution is 2.23. The highest BCUT2D eigenvalue weighted by Gasteiger charge is 2.20. The lowest BCUT2D eigenvalue weighted by molar-refractivity contribution is -0.126. The average Bonchev–Trinajstić information content (AvgIpc) is 2.28. The van der Waals surface area contributed by atoms with Gasteiger partial charge in [-0.05, 0) is 31.4 Å². The van der Waals surface area contributed by atoms with Crippen molar-refractivity contribution in [3.8, 4) is 5.75 Å². The second-order valence-corrected chi connectivity index (χ2v) is 5.84. The molecule has 0 unspecified atom stereocenters. The molecule has 18 heavy (non-hydrogen) atoms. The van der Waals surface area contributed by atoms with Crippen LogP contribution in [0.4, 0.5) is 0 Å². The lowest BCUT2D eigenvalue weighted by Gasteiger charge is -2.16. The molecule has 0 saturated heterocycles. The zero-order chi connectivity index (χ0) is 13.8. The minimum atomic E-state index is -0.226. The average molecular weight is 248 g/mol. The Labute approximate surface area is 110 Å². The third kappa shape index (κ3) is 4.17. The lowest BCUT2D eigenvalue weighted by atomic mass is 9.87. The Hall–Kier alpha value is -1.31. The van der Waals surface area contributed by atoms with Crippen molar-refractivity contribution < 1.29 is 9.53 Å². The first-order chi connectivity index (χ1) is 8.34. The van der Waals surface area contributed by atoms with Gasteiger partial charge in [0.05, 0.1) is 7.11 Å². The number of ether oxygens (including phenoxy) is 1. The predicted octanol–water partition coefficient (Wildman–Crippen LogP) is 3.94. The smallest absolute Gasteiger partial charge is 0.138 e. The zero-order valence-electron chi connectivity index (χ0n) is 12.2. The summed E-state index contributed by atoms with van der Waals surface area (Å²) in [5, 5.41) is 0. The quantitative estimate of drug-likeness (QED) is 0.789. The first kappa shape index (κ1) is 14.7. The van der Waals surface area contributed by atoms with Crippen LogP contribution in [0, 0.1) is 12.3 Å². The van der Waals surface area contributed by atoms with Crippen LogP contribution in [-0.2, 0) is 11.2 Å². The second kappa shape index (κ2) is 6.03. The Morgan fingerprint density at radius 2 is 1.94 bits per heavy atom. The molecule has 0 saturated carbocycles. The van der Waals surface area contributed by atoms with Crippen LogP contribution in [0.3, 0.4) is 0 Å². The van der Waals surface area contributed by atoms with E-state index in [1.54, 1.807) is 7.11 Å². The van der Waals surface area contributed by atoms with Crippen molar-refractivity contribution in [3.05, 3.63) is 29.3 Å². The SMILES string of the molecule is COc1ccc(C)cc1CCCC(=O)C(C)(C)C. The van der Waals surface area contributed by atoms with Gasteiger partial charge in [0.15, 0.2) is 0 Å². The summed E-state index contributed by atoms with van der Waals surface area (Å²) in [6, 6.07) is 6.18. The fourth-order valence-corrected chi connectivity index (χ4v) is 1.92. The van der Waals surface area contributed by atoms with Crippen LogP contribution in [0.1, 0.15) is 44.7 Å². The van der Waals surface area contributed by atoms with Gasteiger partial charge in [-0.2, -0.15) is 0 Å². The molecule has 0 aliphatic rings. The van der Waals surface area contributed by atoms with E-state index in [2.05, 4.69) is 13.0 Å². The maximum atomic E-state index is 11.8. The third-order valence-corrected chi connectivity index (χ3v) is 3.12. The molecule has 0 fully saturated rings. The van der Waals surface area contributed by atoms with Crippen molar-refractivity contribution in [1.82, 2.24) is 0 Å². The molecule has 0 spiro atoms. The molecule has 0 aliphatic heterocycles. The standard InChI is InChI=1S/C16H24O2/c1-12-9-10-14(18-5)13(11-12)7-6-8-15(17)16(2,3)4/h9-11H,6-8H2,1-5H3. The third-order valence-electron chi connectivity index (χ3n) is 3.12. The number of carbonyl (C=O) groups is 1. The van der Waals surface area contributed by atoms with E-state index in [1.165, 1.54) is 11.1 Å². The molecule has 1 rings (SSSR count). The first-order valence-corrected chi connectivity index (χ1v) is 6.51. The highest BCUT2D eigenvalue weighted by atomic mass is 16.5. The van der Waals surface area contributed by atoms with Crippen molar-refractivity contribution in [2.75, 3.05) is 7.11 Å². The summed E-state index contributed by atoms with van der Waals surface area (Å²) >= 11 is 0. The molecule has 0 aromatic heterocycles. The summed E-state index contributed by atoms with van der Waals surface area (Å²) in [6.07, 6.45) is 2.42. The van der Waals surface area contributed by atoms with Crippen LogP contribution in [0.2, 0.25) is 0 Å². The normalized spacial score (nSPS) is 11.4. The van der Waals surface area contributed by atoms with Gasteiger partial charge in [-0.15, -0.1) is 0 Å². The van der Waals surface area contributed by atoms with E-state index in [0.717, 1.165) is 18.6 Å². The van der Waals surface area contributed by atoms with Crippen LogP contribution in [0.15, 0.2) is 18.2 Å². The number of ketones is 1. The molecule has 2 nitrogen and oxygen atoms in total. The largest absolute Gasteiger partial charge is 0.496 e. The summed E-state index contributed by atoms with van der Waals surface area (Å²) < 4.78 is 5.34. The molecule has 0 aliphatic carbocycles. The zero-order valence-corrected chi connectivity index (χ0v) is 12.2. The summed E-state index contributed by atoms with van der Waals surface area (Å²) in [4.78, 5) is 11.8. The summed E-state index contributed by atoms with van der Waals surface area (Å²) in [7, 11) is 1.69. The number of rotatable bonds is 5. The molecule has 0 N–H and O–H groups in total. The number of Topliss-reactive ketones (excluding diaryl/α,β-unsaturated/α-hetero) is 1. The Balaban J connectivity index is 2.59. The van der Waals surface area contributed by atoms with E-state index in [9.17, 15) is 4.79 Å². The van der Waals surface area contributed by atoms with Gasteiger partial charge >= 0.3 is 0 Å². The van der Waals surface area contributed by atoms with Gasteiger partial charge in [0.1, 0.15) is 11.5 Å². The Morgan fingerprint density at radius 1 is 1.28 bits per heavy atom. The monoisotopic (exact) mass is 248 g/mol.